The predicted octanol–water partition coefficient (Wildman–Crippen LogP) is 3.22. The van der Waals surface area contributed by atoms with Crippen molar-refractivity contribution in [3.8, 4) is 11.5 Å². The summed E-state index contributed by atoms with van der Waals surface area (Å²) in [6.07, 6.45) is 0. The average Bonchev–Trinajstić information content (AvgIpc) is 2.46. The van der Waals surface area contributed by atoms with E-state index in [1.165, 1.54) is 0 Å². The Morgan fingerprint density at radius 1 is 1.00 bits per heavy atom. The van der Waals surface area contributed by atoms with Crippen LogP contribution in [-0.4, -0.2) is 19.9 Å². The molecule has 0 saturated carbocycles. The maximum atomic E-state index is 8.26. The van der Waals surface area contributed by atoms with Crippen LogP contribution in [0.3, 0.4) is 0 Å². The zero-order chi connectivity index (χ0) is 13.4. The lowest BCUT2D eigenvalue weighted by Gasteiger charge is -2.33. The van der Waals surface area contributed by atoms with Crippen LogP contribution in [0.1, 0.15) is 22.6 Å². The van der Waals surface area contributed by atoms with Crippen LogP contribution in [0.15, 0.2) is 42.5 Å². The monoisotopic (exact) mass is 253 g/mol. The highest BCUT2D eigenvalue weighted by Crippen LogP contribution is 2.46. The van der Waals surface area contributed by atoms with E-state index >= 15 is 0 Å². The lowest BCUT2D eigenvalue weighted by atomic mass is 9.71. The lowest BCUT2D eigenvalue weighted by molar-refractivity contribution is 0.391. The Bertz CT molecular complexity index is 635. The van der Waals surface area contributed by atoms with E-state index < -0.39 is 0 Å². The molecule has 0 radical (unpaired) electrons. The summed E-state index contributed by atoms with van der Waals surface area (Å²) in [6.45, 7) is 0. The van der Waals surface area contributed by atoms with E-state index in [1.54, 1.807) is 14.2 Å². The summed E-state index contributed by atoms with van der Waals surface area (Å²) >= 11 is 0. The first-order valence-electron chi connectivity index (χ1n) is 6.16. The van der Waals surface area contributed by atoms with Crippen LogP contribution >= 0.6 is 0 Å². The number of fused-ring (bicyclic) bond motifs is 1. The molecule has 0 amide bonds. The second-order valence-electron chi connectivity index (χ2n) is 4.55. The molecule has 3 nitrogen and oxygen atoms in total. The fraction of sp³-hybridized carbons (Fsp3) is 0.188. The number of ether oxygens (including phenoxy) is 2. The number of benzene rings is 2. The summed E-state index contributed by atoms with van der Waals surface area (Å²) in [7, 11) is 3.26. The maximum Gasteiger partial charge on any atom is 0.131 e. The highest BCUT2D eigenvalue weighted by atomic mass is 16.5. The molecule has 96 valence electrons. The molecule has 0 saturated heterocycles. The van der Waals surface area contributed by atoms with E-state index in [4.69, 9.17) is 14.9 Å². The molecule has 0 fully saturated rings. The predicted molar refractivity (Wildman–Crippen MR) is 74.7 cm³/mol. The van der Waals surface area contributed by atoms with Crippen molar-refractivity contribution in [3.05, 3.63) is 59.2 Å². The van der Waals surface area contributed by atoms with Crippen molar-refractivity contribution in [1.29, 1.82) is 5.41 Å². The Morgan fingerprint density at radius 2 is 1.74 bits per heavy atom. The highest BCUT2D eigenvalue weighted by molar-refractivity contribution is 6.16. The van der Waals surface area contributed by atoms with Crippen molar-refractivity contribution in [1.82, 2.24) is 0 Å². The van der Waals surface area contributed by atoms with Crippen LogP contribution < -0.4 is 9.47 Å². The molecular formula is C16H15NO2. The molecule has 1 unspecified atom stereocenters. The van der Waals surface area contributed by atoms with Crippen molar-refractivity contribution in [3.63, 3.8) is 0 Å². The van der Waals surface area contributed by atoms with Gasteiger partial charge in [0.25, 0.3) is 0 Å². The summed E-state index contributed by atoms with van der Waals surface area (Å²) in [5.41, 5.74) is 3.75. The van der Waals surface area contributed by atoms with Gasteiger partial charge in [-0.1, -0.05) is 30.3 Å². The topological polar surface area (TPSA) is 42.3 Å². The van der Waals surface area contributed by atoms with Gasteiger partial charge in [0.15, 0.2) is 0 Å². The van der Waals surface area contributed by atoms with Crippen molar-refractivity contribution >= 4 is 5.71 Å². The van der Waals surface area contributed by atoms with Gasteiger partial charge >= 0.3 is 0 Å². The van der Waals surface area contributed by atoms with Crippen LogP contribution in [0.4, 0.5) is 0 Å². The quantitative estimate of drug-likeness (QED) is 0.912. The summed E-state index contributed by atoms with van der Waals surface area (Å²) in [5, 5.41) is 8.26. The van der Waals surface area contributed by atoms with Gasteiger partial charge in [0.05, 0.1) is 25.8 Å². The zero-order valence-corrected chi connectivity index (χ0v) is 10.9. The molecule has 1 N–H and O–H groups in total. The Labute approximate surface area is 112 Å². The highest BCUT2D eigenvalue weighted by Gasteiger charge is 2.37. The van der Waals surface area contributed by atoms with Gasteiger partial charge in [0.2, 0.25) is 0 Å². The Kier molecular flexibility index (Phi) is 2.75. The van der Waals surface area contributed by atoms with Crippen LogP contribution in [0.5, 0.6) is 11.5 Å². The molecule has 0 aliphatic heterocycles. The zero-order valence-electron chi connectivity index (χ0n) is 10.9. The first-order valence-corrected chi connectivity index (χ1v) is 6.16. The molecule has 2 aromatic carbocycles. The molecule has 1 atom stereocenters. The van der Waals surface area contributed by atoms with Crippen LogP contribution in [0, 0.1) is 5.41 Å². The van der Waals surface area contributed by atoms with E-state index in [1.807, 2.05) is 42.5 Å². The van der Waals surface area contributed by atoms with Crippen LogP contribution in [0.2, 0.25) is 0 Å². The molecule has 0 aromatic heterocycles. The second-order valence-corrected chi connectivity index (χ2v) is 4.55. The smallest absolute Gasteiger partial charge is 0.131 e. The summed E-state index contributed by atoms with van der Waals surface area (Å²) in [6, 6.07) is 13.9. The average molecular weight is 253 g/mol. The Balaban J connectivity index is 2.12. The molecule has 0 heterocycles. The van der Waals surface area contributed by atoms with Gasteiger partial charge in [0.1, 0.15) is 11.5 Å². The number of hydrogen-bond donors (Lipinski definition) is 1. The van der Waals surface area contributed by atoms with Gasteiger partial charge in [-0.3, -0.25) is 0 Å². The van der Waals surface area contributed by atoms with E-state index in [0.29, 0.717) is 11.5 Å². The minimum Gasteiger partial charge on any atom is -0.497 e. The Hall–Kier alpha value is -2.29. The van der Waals surface area contributed by atoms with Gasteiger partial charge in [-0.2, -0.15) is 0 Å². The fourth-order valence-corrected chi connectivity index (χ4v) is 2.62. The van der Waals surface area contributed by atoms with Crippen LogP contribution in [0.25, 0.3) is 0 Å². The summed E-state index contributed by atoms with van der Waals surface area (Å²) in [5.74, 6) is 1.51. The normalized spacial score (nSPS) is 16.5. The van der Waals surface area contributed by atoms with Gasteiger partial charge in [-0.25, -0.2) is 0 Å². The molecule has 0 bridgehead atoms. The fourth-order valence-electron chi connectivity index (χ4n) is 2.62. The summed E-state index contributed by atoms with van der Waals surface area (Å²) < 4.78 is 10.6. The maximum absolute atomic E-state index is 8.26. The van der Waals surface area contributed by atoms with E-state index in [0.717, 1.165) is 22.4 Å². The minimum absolute atomic E-state index is 0.0280. The van der Waals surface area contributed by atoms with Gasteiger partial charge < -0.3 is 14.9 Å². The largest absolute Gasteiger partial charge is 0.497 e. The molecule has 1 aliphatic rings. The van der Waals surface area contributed by atoms with Crippen molar-refractivity contribution in [2.75, 3.05) is 14.2 Å². The van der Waals surface area contributed by atoms with Crippen molar-refractivity contribution < 1.29 is 9.47 Å². The third kappa shape index (κ3) is 1.70. The number of hydrogen-bond acceptors (Lipinski definition) is 3. The third-order valence-electron chi connectivity index (χ3n) is 3.56. The van der Waals surface area contributed by atoms with Crippen molar-refractivity contribution in [2.45, 2.75) is 5.92 Å². The number of rotatable bonds is 3. The number of nitrogens with one attached hydrogen (secondary N) is 1. The minimum atomic E-state index is 0.0280. The lowest BCUT2D eigenvalue weighted by Crippen LogP contribution is -2.28. The first-order chi connectivity index (χ1) is 9.26. The molecule has 3 rings (SSSR count). The number of methoxy groups -OCH3 is 2. The van der Waals surface area contributed by atoms with Gasteiger partial charge in [-0.15, -0.1) is 0 Å². The van der Waals surface area contributed by atoms with E-state index in [9.17, 15) is 0 Å². The first kappa shape index (κ1) is 11.8. The molecule has 19 heavy (non-hydrogen) atoms. The Morgan fingerprint density at radius 3 is 2.37 bits per heavy atom. The van der Waals surface area contributed by atoms with E-state index in [-0.39, 0.29) is 5.92 Å². The molecule has 0 spiro atoms. The molecular weight excluding hydrogens is 238 g/mol. The molecule has 3 heteroatoms. The second kappa shape index (κ2) is 4.43. The standard InChI is InChI=1S/C16H15NO2/c1-18-11-8-12-14(10-6-4-3-5-7-10)16(17)15(12)13(9-11)19-2/h3-9,14,17H,1-2H3. The molecule has 2 aromatic rings. The van der Waals surface area contributed by atoms with Gasteiger partial charge in [0, 0.05) is 11.6 Å². The SMILES string of the molecule is COc1cc(OC)c2c(c1)C(c1ccccc1)C2=N. The summed E-state index contributed by atoms with van der Waals surface area (Å²) in [4.78, 5) is 0. The van der Waals surface area contributed by atoms with E-state index in [2.05, 4.69) is 0 Å². The van der Waals surface area contributed by atoms with Gasteiger partial charge in [-0.05, 0) is 17.2 Å². The van der Waals surface area contributed by atoms with Crippen LogP contribution in [-0.2, 0) is 0 Å². The van der Waals surface area contributed by atoms with Crippen molar-refractivity contribution in [2.24, 2.45) is 0 Å². The molecule has 1 aliphatic carbocycles. The third-order valence-corrected chi connectivity index (χ3v) is 3.56.